The summed E-state index contributed by atoms with van der Waals surface area (Å²) in [6.07, 6.45) is 0. The van der Waals surface area contributed by atoms with Crippen LogP contribution < -0.4 is 15.8 Å². The number of aromatic hydroxyl groups is 1. The van der Waals surface area contributed by atoms with E-state index < -0.39 is 5.91 Å². The maximum Gasteiger partial charge on any atom is 0.259 e. The molecule has 1 amide bonds. The van der Waals surface area contributed by atoms with Crippen LogP contribution in [0.4, 0.5) is 11.4 Å². The molecule has 0 heterocycles. The number of amides is 1. The van der Waals surface area contributed by atoms with Crippen molar-refractivity contribution in [3.63, 3.8) is 0 Å². The largest absolute Gasteiger partial charge is 0.507 e. The van der Waals surface area contributed by atoms with Crippen molar-refractivity contribution in [1.29, 1.82) is 0 Å². The summed E-state index contributed by atoms with van der Waals surface area (Å²) < 4.78 is 5.02. The molecule has 0 aliphatic carbocycles. The predicted octanol–water partition coefficient (Wildman–Crippen LogP) is 2.89. The summed E-state index contributed by atoms with van der Waals surface area (Å²) in [4.78, 5) is 12.1. The number of benzene rings is 2. The Kier molecular flexibility index (Phi) is 4.00. The van der Waals surface area contributed by atoms with Crippen molar-refractivity contribution in [2.45, 2.75) is 0 Å². The summed E-state index contributed by atoms with van der Waals surface area (Å²) in [5.41, 5.74) is 6.60. The summed E-state index contributed by atoms with van der Waals surface area (Å²) in [6, 6.07) is 9.12. The molecule has 0 atom stereocenters. The Morgan fingerprint density at radius 2 is 2.05 bits per heavy atom. The molecule has 6 heteroatoms. The Morgan fingerprint density at radius 3 is 2.75 bits per heavy atom. The maximum absolute atomic E-state index is 12.1. The van der Waals surface area contributed by atoms with Crippen LogP contribution in [0.3, 0.4) is 0 Å². The smallest absolute Gasteiger partial charge is 0.259 e. The first-order valence-corrected chi connectivity index (χ1v) is 6.12. The highest BCUT2D eigenvalue weighted by atomic mass is 35.5. The number of ether oxygens (including phenoxy) is 1. The Labute approximate surface area is 120 Å². The summed E-state index contributed by atoms with van der Waals surface area (Å²) >= 11 is 5.85. The minimum absolute atomic E-state index is 0.0868. The van der Waals surface area contributed by atoms with Gasteiger partial charge in [0.05, 0.1) is 24.0 Å². The zero-order valence-corrected chi connectivity index (χ0v) is 11.4. The number of carbonyl (C=O) groups excluding carboxylic acids is 1. The number of halogens is 1. The van der Waals surface area contributed by atoms with Gasteiger partial charge >= 0.3 is 0 Å². The van der Waals surface area contributed by atoms with Gasteiger partial charge in [-0.2, -0.15) is 0 Å². The van der Waals surface area contributed by atoms with Crippen LogP contribution in [0.25, 0.3) is 0 Å². The third-order valence-electron chi connectivity index (χ3n) is 2.71. The molecular weight excluding hydrogens is 280 g/mol. The standard InChI is InChI=1S/C14H13ClN2O3/c1-20-9-3-5-13(18)10(7-9)14(19)17-12-6-8(15)2-4-11(12)16/h2-7,18H,16H2,1H3,(H,17,19). The van der Waals surface area contributed by atoms with Gasteiger partial charge in [0.15, 0.2) is 0 Å². The lowest BCUT2D eigenvalue weighted by Gasteiger charge is -2.10. The van der Waals surface area contributed by atoms with Crippen LogP contribution in [0.5, 0.6) is 11.5 Å². The van der Waals surface area contributed by atoms with Crippen molar-refractivity contribution in [3.05, 3.63) is 47.0 Å². The highest BCUT2D eigenvalue weighted by molar-refractivity contribution is 6.31. The monoisotopic (exact) mass is 292 g/mol. The number of nitrogen functional groups attached to an aromatic ring is 1. The second-order valence-corrected chi connectivity index (χ2v) is 4.51. The van der Waals surface area contributed by atoms with Gasteiger partial charge in [-0.15, -0.1) is 0 Å². The number of nitrogens with one attached hydrogen (secondary N) is 1. The van der Waals surface area contributed by atoms with Crippen molar-refractivity contribution < 1.29 is 14.6 Å². The lowest BCUT2D eigenvalue weighted by molar-refractivity contribution is 0.102. The lowest BCUT2D eigenvalue weighted by atomic mass is 10.1. The lowest BCUT2D eigenvalue weighted by Crippen LogP contribution is -2.13. The number of hydrogen-bond donors (Lipinski definition) is 3. The third-order valence-corrected chi connectivity index (χ3v) is 2.95. The van der Waals surface area contributed by atoms with Crippen LogP contribution in [0, 0.1) is 0 Å². The van der Waals surface area contributed by atoms with Crippen LogP contribution in [0.15, 0.2) is 36.4 Å². The number of nitrogens with two attached hydrogens (primary N) is 1. The molecule has 0 radical (unpaired) electrons. The van der Waals surface area contributed by atoms with E-state index in [1.165, 1.54) is 25.3 Å². The fourth-order valence-electron chi connectivity index (χ4n) is 1.65. The molecular formula is C14H13ClN2O3. The number of anilines is 2. The van der Waals surface area contributed by atoms with Crippen LogP contribution in [-0.2, 0) is 0 Å². The molecule has 20 heavy (non-hydrogen) atoms. The predicted molar refractivity (Wildman–Crippen MR) is 78.5 cm³/mol. The molecule has 0 spiro atoms. The first-order valence-electron chi connectivity index (χ1n) is 5.74. The van der Waals surface area contributed by atoms with Gasteiger partial charge in [-0.3, -0.25) is 4.79 Å². The molecule has 0 aliphatic heterocycles. The summed E-state index contributed by atoms with van der Waals surface area (Å²) in [5.74, 6) is -0.189. The second-order valence-electron chi connectivity index (χ2n) is 4.07. The van der Waals surface area contributed by atoms with E-state index in [0.29, 0.717) is 22.1 Å². The molecule has 0 fully saturated rings. The average Bonchev–Trinajstić information content (AvgIpc) is 2.43. The first kappa shape index (κ1) is 14.0. The topological polar surface area (TPSA) is 84.6 Å². The van der Waals surface area contributed by atoms with Crippen LogP contribution >= 0.6 is 11.6 Å². The quantitative estimate of drug-likeness (QED) is 0.759. The molecule has 4 N–H and O–H groups in total. The van der Waals surface area contributed by atoms with Gasteiger partial charge in [0, 0.05) is 5.02 Å². The van der Waals surface area contributed by atoms with Crippen molar-refractivity contribution in [1.82, 2.24) is 0 Å². The molecule has 0 bridgehead atoms. The first-order chi connectivity index (χ1) is 9.51. The van der Waals surface area contributed by atoms with Crippen molar-refractivity contribution in [2.75, 3.05) is 18.2 Å². The fourth-order valence-corrected chi connectivity index (χ4v) is 1.82. The second kappa shape index (κ2) is 5.71. The minimum atomic E-state index is -0.504. The minimum Gasteiger partial charge on any atom is -0.507 e. The van der Waals surface area contributed by atoms with Gasteiger partial charge in [0.1, 0.15) is 11.5 Å². The van der Waals surface area contributed by atoms with E-state index in [4.69, 9.17) is 22.1 Å². The number of phenolic OH excluding ortho intramolecular Hbond substituents is 1. The number of hydrogen-bond acceptors (Lipinski definition) is 4. The van der Waals surface area contributed by atoms with E-state index in [-0.39, 0.29) is 11.3 Å². The molecule has 0 aliphatic rings. The van der Waals surface area contributed by atoms with Crippen LogP contribution in [0.2, 0.25) is 5.02 Å². The van der Waals surface area contributed by atoms with E-state index in [1.807, 2.05) is 0 Å². The normalized spacial score (nSPS) is 10.1. The molecule has 5 nitrogen and oxygen atoms in total. The van der Waals surface area contributed by atoms with E-state index in [1.54, 1.807) is 18.2 Å². The molecule has 2 aromatic carbocycles. The Morgan fingerprint density at radius 1 is 1.30 bits per heavy atom. The number of carbonyl (C=O) groups is 1. The molecule has 104 valence electrons. The van der Waals surface area contributed by atoms with Crippen molar-refractivity contribution >= 4 is 28.9 Å². The van der Waals surface area contributed by atoms with E-state index in [2.05, 4.69) is 5.32 Å². The van der Waals surface area contributed by atoms with Gasteiger partial charge < -0.3 is 20.9 Å². The summed E-state index contributed by atoms with van der Waals surface area (Å²) in [5, 5.41) is 12.8. The molecule has 2 rings (SSSR count). The maximum atomic E-state index is 12.1. The van der Waals surface area contributed by atoms with E-state index >= 15 is 0 Å². The molecule has 0 aromatic heterocycles. The van der Waals surface area contributed by atoms with Crippen LogP contribution in [-0.4, -0.2) is 18.1 Å². The van der Waals surface area contributed by atoms with Gasteiger partial charge in [0.25, 0.3) is 5.91 Å². The zero-order chi connectivity index (χ0) is 14.7. The summed E-state index contributed by atoms with van der Waals surface area (Å²) in [7, 11) is 1.48. The zero-order valence-electron chi connectivity index (χ0n) is 10.7. The fraction of sp³-hybridized carbons (Fsp3) is 0.0714. The Balaban J connectivity index is 2.30. The molecule has 0 saturated carbocycles. The molecule has 0 unspecified atom stereocenters. The Bertz CT molecular complexity index is 659. The highest BCUT2D eigenvalue weighted by Gasteiger charge is 2.14. The number of phenols is 1. The van der Waals surface area contributed by atoms with Gasteiger partial charge in [0.2, 0.25) is 0 Å². The van der Waals surface area contributed by atoms with E-state index in [9.17, 15) is 9.90 Å². The molecule has 2 aromatic rings. The number of methoxy groups -OCH3 is 1. The van der Waals surface area contributed by atoms with Gasteiger partial charge in [-0.25, -0.2) is 0 Å². The highest BCUT2D eigenvalue weighted by Crippen LogP contribution is 2.27. The van der Waals surface area contributed by atoms with Gasteiger partial charge in [-0.05, 0) is 36.4 Å². The Hall–Kier alpha value is -2.40. The van der Waals surface area contributed by atoms with Gasteiger partial charge in [-0.1, -0.05) is 11.6 Å². The number of rotatable bonds is 3. The third kappa shape index (κ3) is 2.95. The average molecular weight is 293 g/mol. The summed E-state index contributed by atoms with van der Waals surface area (Å²) in [6.45, 7) is 0. The van der Waals surface area contributed by atoms with E-state index in [0.717, 1.165) is 0 Å². The van der Waals surface area contributed by atoms with Crippen molar-refractivity contribution in [3.8, 4) is 11.5 Å². The van der Waals surface area contributed by atoms with Crippen molar-refractivity contribution in [2.24, 2.45) is 0 Å². The van der Waals surface area contributed by atoms with Crippen LogP contribution in [0.1, 0.15) is 10.4 Å². The SMILES string of the molecule is COc1ccc(O)c(C(=O)Nc2cc(Cl)ccc2N)c1. The molecule has 0 saturated heterocycles.